The second-order valence-corrected chi connectivity index (χ2v) is 1.80. The molecular formula is C5H12Nd. The molecule has 0 unspecified atom stereocenters. The maximum Gasteiger partial charge on any atom is 0 e. The molecule has 6 heavy (non-hydrogen) atoms. The monoisotopic (exact) mass is 214 g/mol. The van der Waals surface area contributed by atoms with Crippen molar-refractivity contribution in [3.8, 4) is 0 Å². The predicted octanol–water partition coefficient (Wildman–Crippen LogP) is 2.05. The van der Waals surface area contributed by atoms with E-state index < -0.39 is 0 Å². The summed E-state index contributed by atoms with van der Waals surface area (Å²) < 4.78 is 0. The van der Waals surface area contributed by atoms with Crippen molar-refractivity contribution in [1.82, 2.24) is 0 Å². The molecule has 0 atom stereocenters. The van der Waals surface area contributed by atoms with E-state index in [0.717, 1.165) is 5.92 Å². The van der Waals surface area contributed by atoms with Gasteiger partial charge < -0.3 is 0 Å². The summed E-state index contributed by atoms with van der Waals surface area (Å²) in [5.41, 5.74) is 0. The third kappa shape index (κ3) is 9.02. The molecule has 0 saturated heterocycles. The number of hydrogen-bond donors (Lipinski definition) is 0. The quantitative estimate of drug-likeness (QED) is 0.629. The molecule has 36 valence electrons. The summed E-state index contributed by atoms with van der Waals surface area (Å²) in [4.78, 5) is 0. The molecule has 0 aromatic rings. The van der Waals surface area contributed by atoms with Crippen LogP contribution in [0.1, 0.15) is 27.2 Å². The van der Waals surface area contributed by atoms with Crippen molar-refractivity contribution in [2.75, 3.05) is 0 Å². The molecule has 0 radical (unpaired) electrons. The molecule has 1 heteroatoms. The van der Waals surface area contributed by atoms with E-state index in [-0.39, 0.29) is 40.8 Å². The van der Waals surface area contributed by atoms with E-state index in [0.29, 0.717) is 0 Å². The Kier molecular flexibility index (Phi) is 11.0. The van der Waals surface area contributed by atoms with Crippen molar-refractivity contribution < 1.29 is 40.8 Å². The molecule has 0 amide bonds. The Morgan fingerprint density at radius 1 is 1.33 bits per heavy atom. The summed E-state index contributed by atoms with van der Waals surface area (Å²) in [6.45, 7) is 6.64. The zero-order valence-electron chi connectivity index (χ0n) is 4.78. The molecule has 0 aromatic carbocycles. The third-order valence-corrected chi connectivity index (χ3v) is 0.816. The molecule has 0 rings (SSSR count). The van der Waals surface area contributed by atoms with Crippen molar-refractivity contribution >= 4 is 0 Å². The van der Waals surface area contributed by atoms with Crippen LogP contribution in [0.5, 0.6) is 0 Å². The summed E-state index contributed by atoms with van der Waals surface area (Å²) in [6, 6.07) is 0. The van der Waals surface area contributed by atoms with Crippen LogP contribution in [0.15, 0.2) is 0 Å². The van der Waals surface area contributed by atoms with Gasteiger partial charge in [0, 0.05) is 40.8 Å². The minimum absolute atomic E-state index is 0. The Balaban J connectivity index is 0. The molecule has 0 bridgehead atoms. The fraction of sp³-hybridized carbons (Fsp3) is 1.00. The summed E-state index contributed by atoms with van der Waals surface area (Å²) in [5, 5.41) is 0. The molecule has 0 N–H and O–H groups in total. The van der Waals surface area contributed by atoms with Crippen molar-refractivity contribution in [2.45, 2.75) is 27.2 Å². The van der Waals surface area contributed by atoms with Crippen molar-refractivity contribution in [3.05, 3.63) is 0 Å². The molecule has 0 nitrogen and oxygen atoms in total. The Morgan fingerprint density at radius 2 is 1.50 bits per heavy atom. The van der Waals surface area contributed by atoms with E-state index in [1.807, 2.05) is 0 Å². The van der Waals surface area contributed by atoms with Gasteiger partial charge in [0.25, 0.3) is 0 Å². The molecule has 0 spiro atoms. The van der Waals surface area contributed by atoms with Crippen LogP contribution < -0.4 is 0 Å². The molecule has 0 heterocycles. The summed E-state index contributed by atoms with van der Waals surface area (Å²) in [7, 11) is 0. The van der Waals surface area contributed by atoms with Crippen LogP contribution in [-0.4, -0.2) is 0 Å². The topological polar surface area (TPSA) is 0 Å². The molecular weight excluding hydrogens is 204 g/mol. The van der Waals surface area contributed by atoms with Crippen molar-refractivity contribution in [2.24, 2.45) is 5.92 Å². The van der Waals surface area contributed by atoms with E-state index >= 15 is 0 Å². The molecule has 0 fully saturated rings. The molecule has 0 saturated carbocycles. The van der Waals surface area contributed by atoms with Gasteiger partial charge in [-0.2, -0.15) is 0 Å². The average Bonchev–Trinajstić information content (AvgIpc) is 1.38. The SMILES string of the molecule is CCC(C)C.[Nd]. The van der Waals surface area contributed by atoms with Gasteiger partial charge in [-0.1, -0.05) is 27.2 Å². The fourth-order valence-electron chi connectivity index (χ4n) is 0. The summed E-state index contributed by atoms with van der Waals surface area (Å²) >= 11 is 0. The summed E-state index contributed by atoms with van der Waals surface area (Å²) in [5.74, 6) is 0.884. The first-order valence-electron chi connectivity index (χ1n) is 2.27. The van der Waals surface area contributed by atoms with Crippen LogP contribution in [0, 0.1) is 46.8 Å². The molecule has 0 aliphatic rings. The molecule has 0 aliphatic heterocycles. The minimum atomic E-state index is 0. The number of rotatable bonds is 1. The van der Waals surface area contributed by atoms with Crippen LogP contribution in [0.2, 0.25) is 0 Å². The largest absolute Gasteiger partial charge is 0.0651 e. The Morgan fingerprint density at radius 3 is 1.50 bits per heavy atom. The maximum absolute atomic E-state index is 2.22. The van der Waals surface area contributed by atoms with E-state index in [1.54, 1.807) is 0 Å². The van der Waals surface area contributed by atoms with Gasteiger partial charge in [0.1, 0.15) is 0 Å². The fourth-order valence-corrected chi connectivity index (χ4v) is 0. The molecule has 0 aromatic heterocycles. The normalized spacial score (nSPS) is 8.00. The first-order valence-corrected chi connectivity index (χ1v) is 2.27. The number of hydrogen-bond acceptors (Lipinski definition) is 0. The predicted molar refractivity (Wildman–Crippen MR) is 25.1 cm³/mol. The van der Waals surface area contributed by atoms with Crippen LogP contribution in [-0.2, 0) is 0 Å². The van der Waals surface area contributed by atoms with Crippen LogP contribution in [0.4, 0.5) is 0 Å². The zero-order valence-corrected chi connectivity index (χ0v) is 7.99. The smallest absolute Gasteiger partial charge is 0 e. The van der Waals surface area contributed by atoms with Crippen molar-refractivity contribution in [3.63, 3.8) is 0 Å². The van der Waals surface area contributed by atoms with E-state index in [2.05, 4.69) is 20.8 Å². The van der Waals surface area contributed by atoms with E-state index in [1.165, 1.54) is 6.42 Å². The average molecular weight is 216 g/mol. The van der Waals surface area contributed by atoms with Gasteiger partial charge in [-0.3, -0.25) is 0 Å². The first kappa shape index (κ1) is 10.4. The van der Waals surface area contributed by atoms with Crippen molar-refractivity contribution in [1.29, 1.82) is 0 Å². The maximum atomic E-state index is 2.22. The Bertz CT molecular complexity index is 17.9. The zero-order chi connectivity index (χ0) is 4.28. The second kappa shape index (κ2) is 6.35. The van der Waals surface area contributed by atoms with Crippen LogP contribution in [0.3, 0.4) is 0 Å². The van der Waals surface area contributed by atoms with Gasteiger partial charge >= 0.3 is 0 Å². The van der Waals surface area contributed by atoms with Gasteiger partial charge in [-0.25, -0.2) is 0 Å². The van der Waals surface area contributed by atoms with E-state index in [9.17, 15) is 0 Å². The standard InChI is InChI=1S/C5H12.Nd/c1-4-5(2)3;/h5H,4H2,1-3H3;. The summed E-state index contributed by atoms with van der Waals surface area (Å²) in [6.07, 6.45) is 1.31. The Hall–Kier alpha value is 1.35. The molecule has 0 aliphatic carbocycles. The Labute approximate surface area is 73.2 Å². The first-order chi connectivity index (χ1) is 2.27. The van der Waals surface area contributed by atoms with Gasteiger partial charge in [0.15, 0.2) is 0 Å². The van der Waals surface area contributed by atoms with Gasteiger partial charge in [-0.15, -0.1) is 0 Å². The van der Waals surface area contributed by atoms with Gasteiger partial charge in [-0.05, 0) is 5.92 Å². The van der Waals surface area contributed by atoms with E-state index in [4.69, 9.17) is 0 Å². The minimum Gasteiger partial charge on any atom is -0.0651 e. The second-order valence-electron chi connectivity index (χ2n) is 1.80. The van der Waals surface area contributed by atoms with Gasteiger partial charge in [0.05, 0.1) is 0 Å². The van der Waals surface area contributed by atoms with Crippen LogP contribution >= 0.6 is 0 Å². The van der Waals surface area contributed by atoms with Gasteiger partial charge in [0.2, 0.25) is 0 Å². The van der Waals surface area contributed by atoms with Crippen LogP contribution in [0.25, 0.3) is 0 Å². The third-order valence-electron chi connectivity index (χ3n) is 0.816.